The number of anilines is 1. The van der Waals surface area contributed by atoms with E-state index in [2.05, 4.69) is 15.6 Å². The minimum atomic E-state index is -0.966. The maximum atomic E-state index is 13.7. The third-order valence-corrected chi connectivity index (χ3v) is 5.97. The van der Waals surface area contributed by atoms with Gasteiger partial charge in [0.25, 0.3) is 11.8 Å². The number of nitrogens with one attached hydrogen (secondary N) is 3. The molecule has 2 aromatic rings. The molecule has 1 aromatic carbocycles. The smallest absolute Gasteiger partial charge is 0.256 e. The van der Waals surface area contributed by atoms with Crippen LogP contribution in [0.3, 0.4) is 0 Å². The standard InChI is InChI=1S/C25H31FN4O5/c1-13-21(12-19-18-9-15(26)5-6-20(18)29-24(19)34)28-14(2)23(13)25(35)27-8-7-16(31)10-17(32)11-22(33)30(3)4/h5-6,9,12,16-17,28,31-32H,7-8,10-11H2,1-4H3,(H,27,35)(H,29,34). The number of aliphatic hydroxyl groups is 2. The van der Waals surface area contributed by atoms with Crippen molar-refractivity contribution >= 4 is 35.1 Å². The summed E-state index contributed by atoms with van der Waals surface area (Å²) in [5.74, 6) is -1.39. The maximum absolute atomic E-state index is 13.7. The molecule has 5 N–H and O–H groups in total. The molecule has 2 unspecified atom stereocenters. The number of H-pyrrole nitrogens is 1. The zero-order valence-electron chi connectivity index (χ0n) is 20.2. The van der Waals surface area contributed by atoms with E-state index in [-0.39, 0.29) is 43.5 Å². The highest BCUT2D eigenvalue weighted by molar-refractivity contribution is 6.34. The van der Waals surface area contributed by atoms with Crippen molar-refractivity contribution in [2.24, 2.45) is 0 Å². The molecule has 10 heteroatoms. The van der Waals surface area contributed by atoms with Crippen molar-refractivity contribution in [1.29, 1.82) is 0 Å². The highest BCUT2D eigenvalue weighted by Gasteiger charge is 2.26. The largest absolute Gasteiger partial charge is 0.393 e. The molecule has 188 valence electrons. The Kier molecular flexibility index (Phi) is 8.08. The first kappa shape index (κ1) is 26.1. The van der Waals surface area contributed by atoms with E-state index in [1.807, 2.05) is 0 Å². The Bertz CT molecular complexity index is 1170. The average molecular weight is 487 g/mol. The molecule has 9 nitrogen and oxygen atoms in total. The van der Waals surface area contributed by atoms with Gasteiger partial charge in [-0.05, 0) is 56.5 Å². The summed E-state index contributed by atoms with van der Waals surface area (Å²) in [6.45, 7) is 3.65. The molecule has 1 aliphatic rings. The number of carbonyl (C=O) groups is 3. The predicted molar refractivity (Wildman–Crippen MR) is 130 cm³/mol. The van der Waals surface area contributed by atoms with Crippen molar-refractivity contribution in [3.05, 3.63) is 52.1 Å². The molecule has 0 radical (unpaired) electrons. The Morgan fingerprint density at radius 3 is 2.60 bits per heavy atom. The van der Waals surface area contributed by atoms with Gasteiger partial charge >= 0.3 is 0 Å². The minimum absolute atomic E-state index is 0.0273. The van der Waals surface area contributed by atoms with Crippen LogP contribution in [-0.4, -0.2) is 70.7 Å². The number of aryl methyl sites for hydroxylation is 1. The number of benzene rings is 1. The van der Waals surface area contributed by atoms with Crippen LogP contribution >= 0.6 is 0 Å². The lowest BCUT2D eigenvalue weighted by Gasteiger charge is -2.17. The first-order chi connectivity index (χ1) is 16.5. The van der Waals surface area contributed by atoms with Gasteiger partial charge in [-0.3, -0.25) is 14.4 Å². The van der Waals surface area contributed by atoms with Gasteiger partial charge in [0, 0.05) is 43.3 Å². The summed E-state index contributed by atoms with van der Waals surface area (Å²) in [5, 5.41) is 25.6. The van der Waals surface area contributed by atoms with Gasteiger partial charge in [0.2, 0.25) is 5.91 Å². The fraction of sp³-hybridized carbons (Fsp3) is 0.400. The molecule has 0 aliphatic carbocycles. The zero-order chi connectivity index (χ0) is 25.9. The summed E-state index contributed by atoms with van der Waals surface area (Å²) in [4.78, 5) is 41.3. The van der Waals surface area contributed by atoms with Gasteiger partial charge < -0.3 is 30.7 Å². The van der Waals surface area contributed by atoms with E-state index in [0.717, 1.165) is 0 Å². The Hall–Kier alpha value is -3.50. The SMILES string of the molecule is Cc1[nH]c(C=C2C(=O)Nc3ccc(F)cc32)c(C)c1C(=O)NCCC(O)CC(O)CC(=O)N(C)C. The van der Waals surface area contributed by atoms with E-state index in [4.69, 9.17) is 0 Å². The molecule has 1 aromatic heterocycles. The highest BCUT2D eigenvalue weighted by Crippen LogP contribution is 2.34. The first-order valence-electron chi connectivity index (χ1n) is 11.3. The second-order valence-electron chi connectivity index (χ2n) is 8.95. The summed E-state index contributed by atoms with van der Waals surface area (Å²) in [5.41, 5.74) is 3.48. The number of aliphatic hydroxyl groups excluding tert-OH is 2. The van der Waals surface area contributed by atoms with Crippen LogP contribution in [0, 0.1) is 19.7 Å². The number of aromatic nitrogens is 1. The van der Waals surface area contributed by atoms with Gasteiger partial charge in [-0.1, -0.05) is 0 Å². The van der Waals surface area contributed by atoms with Crippen LogP contribution in [0.5, 0.6) is 0 Å². The Morgan fingerprint density at radius 2 is 1.91 bits per heavy atom. The number of rotatable bonds is 9. The molecule has 1 aliphatic heterocycles. The van der Waals surface area contributed by atoms with Gasteiger partial charge in [-0.15, -0.1) is 0 Å². The van der Waals surface area contributed by atoms with Crippen LogP contribution in [0.15, 0.2) is 18.2 Å². The molecule has 0 fully saturated rings. The van der Waals surface area contributed by atoms with Gasteiger partial charge in [0.1, 0.15) is 5.82 Å². The Labute approximate surface area is 203 Å². The van der Waals surface area contributed by atoms with Crippen molar-refractivity contribution in [2.75, 3.05) is 26.0 Å². The van der Waals surface area contributed by atoms with E-state index in [9.17, 15) is 29.0 Å². The number of carbonyl (C=O) groups excluding carboxylic acids is 3. The molecule has 35 heavy (non-hydrogen) atoms. The van der Waals surface area contributed by atoms with Crippen LogP contribution in [-0.2, 0) is 9.59 Å². The fourth-order valence-electron chi connectivity index (χ4n) is 4.05. The molecule has 3 amide bonds. The summed E-state index contributed by atoms with van der Waals surface area (Å²) >= 11 is 0. The van der Waals surface area contributed by atoms with Crippen LogP contribution in [0.1, 0.15) is 52.1 Å². The third kappa shape index (κ3) is 6.14. The van der Waals surface area contributed by atoms with Crippen molar-refractivity contribution in [3.8, 4) is 0 Å². The number of hydrogen-bond donors (Lipinski definition) is 5. The maximum Gasteiger partial charge on any atom is 0.256 e. The van der Waals surface area contributed by atoms with Crippen LogP contribution in [0.4, 0.5) is 10.1 Å². The molecule has 2 heterocycles. The van der Waals surface area contributed by atoms with Crippen LogP contribution in [0.2, 0.25) is 0 Å². The summed E-state index contributed by atoms with van der Waals surface area (Å²) in [6, 6.07) is 4.06. The Balaban J connectivity index is 1.63. The predicted octanol–water partition coefficient (Wildman–Crippen LogP) is 1.97. The normalized spacial score (nSPS) is 15.5. The van der Waals surface area contributed by atoms with E-state index < -0.39 is 18.0 Å². The van der Waals surface area contributed by atoms with Crippen molar-refractivity contribution < 1.29 is 29.0 Å². The summed E-state index contributed by atoms with van der Waals surface area (Å²) < 4.78 is 13.7. The zero-order valence-corrected chi connectivity index (χ0v) is 20.2. The van der Waals surface area contributed by atoms with Gasteiger partial charge in [0.05, 0.1) is 29.8 Å². The topological polar surface area (TPSA) is 135 Å². The number of aromatic amines is 1. The molecule has 0 saturated carbocycles. The first-order valence-corrected chi connectivity index (χ1v) is 11.3. The quantitative estimate of drug-likeness (QED) is 0.346. The van der Waals surface area contributed by atoms with Crippen LogP contribution in [0.25, 0.3) is 11.6 Å². The fourth-order valence-corrected chi connectivity index (χ4v) is 4.05. The minimum Gasteiger partial charge on any atom is -0.393 e. The average Bonchev–Trinajstić information content (AvgIpc) is 3.22. The van der Waals surface area contributed by atoms with Crippen molar-refractivity contribution in [1.82, 2.24) is 15.2 Å². The molecular formula is C25H31FN4O5. The third-order valence-electron chi connectivity index (χ3n) is 5.97. The van der Waals surface area contributed by atoms with Gasteiger partial charge in [-0.25, -0.2) is 4.39 Å². The number of amides is 3. The van der Waals surface area contributed by atoms with E-state index in [1.165, 1.54) is 23.1 Å². The van der Waals surface area contributed by atoms with E-state index in [1.54, 1.807) is 34.0 Å². The van der Waals surface area contributed by atoms with Crippen LogP contribution < -0.4 is 10.6 Å². The monoisotopic (exact) mass is 486 g/mol. The van der Waals surface area contributed by atoms with Gasteiger partial charge in [0.15, 0.2) is 0 Å². The van der Waals surface area contributed by atoms with Crippen molar-refractivity contribution in [3.63, 3.8) is 0 Å². The number of hydrogen-bond acceptors (Lipinski definition) is 5. The second kappa shape index (κ2) is 10.8. The lowest BCUT2D eigenvalue weighted by atomic mass is 10.0. The summed E-state index contributed by atoms with van der Waals surface area (Å²) in [6.07, 6.45) is -0.0895. The van der Waals surface area contributed by atoms with Gasteiger partial charge in [-0.2, -0.15) is 0 Å². The molecule has 0 saturated heterocycles. The second-order valence-corrected chi connectivity index (χ2v) is 8.95. The Morgan fingerprint density at radius 1 is 1.20 bits per heavy atom. The number of fused-ring (bicyclic) bond motifs is 1. The lowest BCUT2D eigenvalue weighted by molar-refractivity contribution is -0.131. The number of halogens is 1. The van der Waals surface area contributed by atoms with E-state index >= 15 is 0 Å². The molecule has 0 bridgehead atoms. The van der Waals surface area contributed by atoms with E-state index in [0.29, 0.717) is 39.3 Å². The van der Waals surface area contributed by atoms with Crippen molar-refractivity contribution in [2.45, 2.75) is 45.3 Å². The molecule has 2 atom stereocenters. The molecule has 0 spiro atoms. The molecule has 3 rings (SSSR count). The number of nitrogens with zero attached hydrogens (tertiary/aromatic N) is 1. The lowest BCUT2D eigenvalue weighted by Crippen LogP contribution is -2.31. The summed E-state index contributed by atoms with van der Waals surface area (Å²) in [7, 11) is 3.18. The molecular weight excluding hydrogens is 455 g/mol. The highest BCUT2D eigenvalue weighted by atomic mass is 19.1.